The van der Waals surface area contributed by atoms with Crippen LogP contribution in [0.4, 0.5) is 26.2 Å². The van der Waals surface area contributed by atoms with Gasteiger partial charge in [0, 0.05) is 45.3 Å². The van der Waals surface area contributed by atoms with E-state index in [9.17, 15) is 8.78 Å². The van der Waals surface area contributed by atoms with Crippen molar-refractivity contribution in [2.75, 3.05) is 63.6 Å². The summed E-state index contributed by atoms with van der Waals surface area (Å²) in [5.74, 6) is 0.209. The third-order valence-electron chi connectivity index (χ3n) is 7.79. The van der Waals surface area contributed by atoms with Crippen LogP contribution in [0.2, 0.25) is 0 Å². The van der Waals surface area contributed by atoms with Crippen LogP contribution in [0.5, 0.6) is 11.5 Å². The fourth-order valence-electron chi connectivity index (χ4n) is 5.29. The van der Waals surface area contributed by atoms with E-state index >= 15 is 0 Å². The maximum Gasteiger partial charge on any atom is 0.227 e. The third-order valence-corrected chi connectivity index (χ3v) is 7.79. The molecule has 40 heavy (non-hydrogen) atoms. The van der Waals surface area contributed by atoms with Crippen molar-refractivity contribution < 1.29 is 18.3 Å². The number of benzene rings is 1. The lowest BCUT2D eigenvalue weighted by atomic mass is 10.0. The van der Waals surface area contributed by atoms with Crippen molar-refractivity contribution in [3.63, 3.8) is 0 Å². The molecule has 0 spiro atoms. The Morgan fingerprint density at radius 1 is 0.950 bits per heavy atom. The first kappa shape index (κ1) is 28.0. The first-order valence-electron chi connectivity index (χ1n) is 13.8. The normalized spacial score (nSPS) is 17.2. The van der Waals surface area contributed by atoms with Gasteiger partial charge in [0.05, 0.1) is 37.0 Å². The zero-order valence-electron chi connectivity index (χ0n) is 23.4. The second-order valence-electron chi connectivity index (χ2n) is 10.3. The zero-order valence-corrected chi connectivity index (χ0v) is 23.4. The number of hydrogen-bond acceptors (Lipinski definition) is 9. The summed E-state index contributed by atoms with van der Waals surface area (Å²) in [6, 6.07) is 6.01. The number of methoxy groups -OCH3 is 1. The second-order valence-corrected chi connectivity index (χ2v) is 10.3. The van der Waals surface area contributed by atoms with E-state index in [0.717, 1.165) is 63.6 Å². The van der Waals surface area contributed by atoms with Gasteiger partial charge in [-0.05, 0) is 50.1 Å². The maximum atomic E-state index is 14.7. The van der Waals surface area contributed by atoms with Crippen LogP contribution >= 0.6 is 0 Å². The van der Waals surface area contributed by atoms with Crippen LogP contribution in [0, 0.1) is 11.6 Å². The fourth-order valence-corrected chi connectivity index (χ4v) is 5.29. The number of nitrogens with zero attached hydrogens (tertiary/aromatic N) is 6. The zero-order chi connectivity index (χ0) is 28.1. The SMILES string of the molecule is CCc1cc(OC)c(F)c(COc2cnc(Nc3ccc(N4CCC(N5CCN(C)CC5)CC4)nc3)nc2)c1F. The van der Waals surface area contributed by atoms with E-state index in [0.29, 0.717) is 29.7 Å². The van der Waals surface area contributed by atoms with Crippen LogP contribution in [-0.2, 0) is 13.0 Å². The Labute approximate surface area is 234 Å². The Bertz CT molecular complexity index is 1230. The molecule has 0 atom stereocenters. The lowest BCUT2D eigenvalue weighted by molar-refractivity contribution is 0.0981. The van der Waals surface area contributed by atoms with Crippen molar-refractivity contribution >= 4 is 17.5 Å². The summed E-state index contributed by atoms with van der Waals surface area (Å²) >= 11 is 0. The summed E-state index contributed by atoms with van der Waals surface area (Å²) in [6.45, 7) is 8.12. The van der Waals surface area contributed by atoms with E-state index in [-0.39, 0.29) is 17.9 Å². The van der Waals surface area contributed by atoms with Crippen molar-refractivity contribution in [2.24, 2.45) is 0 Å². The van der Waals surface area contributed by atoms with Gasteiger partial charge in [0.2, 0.25) is 5.95 Å². The average Bonchev–Trinajstić information content (AvgIpc) is 2.99. The van der Waals surface area contributed by atoms with E-state index in [1.165, 1.54) is 25.6 Å². The molecule has 0 aliphatic carbocycles. The van der Waals surface area contributed by atoms with E-state index in [4.69, 9.17) is 9.47 Å². The van der Waals surface area contributed by atoms with Gasteiger partial charge in [0.25, 0.3) is 0 Å². The topological polar surface area (TPSA) is 78.9 Å². The molecule has 5 rings (SSSR count). The molecule has 2 fully saturated rings. The molecule has 9 nitrogen and oxygen atoms in total. The van der Waals surface area contributed by atoms with Gasteiger partial charge in [0.15, 0.2) is 17.3 Å². The molecule has 0 radical (unpaired) electrons. The molecule has 0 amide bonds. The average molecular weight is 554 g/mol. The molecule has 2 aliphatic heterocycles. The molecule has 11 heteroatoms. The Morgan fingerprint density at radius 3 is 2.30 bits per heavy atom. The second kappa shape index (κ2) is 12.7. The van der Waals surface area contributed by atoms with Crippen molar-refractivity contribution in [1.29, 1.82) is 0 Å². The lowest BCUT2D eigenvalue weighted by Gasteiger charge is -2.42. The number of aryl methyl sites for hydroxylation is 1. The minimum absolute atomic E-state index is 0.0117. The van der Waals surface area contributed by atoms with Gasteiger partial charge >= 0.3 is 0 Å². The van der Waals surface area contributed by atoms with Crippen LogP contribution < -0.4 is 19.7 Å². The van der Waals surface area contributed by atoms with Crippen LogP contribution in [0.25, 0.3) is 0 Å². The van der Waals surface area contributed by atoms with Gasteiger partial charge in [-0.2, -0.15) is 0 Å². The van der Waals surface area contributed by atoms with Crippen molar-refractivity contribution in [1.82, 2.24) is 24.8 Å². The van der Waals surface area contributed by atoms with Gasteiger partial charge in [-0.15, -0.1) is 0 Å². The lowest BCUT2D eigenvalue weighted by Crippen LogP contribution is -2.52. The quantitative estimate of drug-likeness (QED) is 0.418. The van der Waals surface area contributed by atoms with Crippen molar-refractivity contribution in [2.45, 2.75) is 38.8 Å². The Kier molecular flexibility index (Phi) is 8.91. The number of pyridine rings is 1. The third kappa shape index (κ3) is 6.42. The Hall–Kier alpha value is -3.57. The molecule has 214 valence electrons. The molecule has 0 saturated carbocycles. The van der Waals surface area contributed by atoms with Crippen molar-refractivity contribution in [3.05, 3.63) is 59.6 Å². The van der Waals surface area contributed by atoms with Gasteiger partial charge in [-0.25, -0.2) is 23.7 Å². The number of rotatable bonds is 9. The molecule has 1 aromatic carbocycles. The number of halogens is 2. The molecular formula is C29H37F2N7O2. The number of piperazine rings is 1. The molecule has 2 saturated heterocycles. The number of anilines is 3. The summed E-state index contributed by atoms with van der Waals surface area (Å²) in [5.41, 5.74) is 0.938. The van der Waals surface area contributed by atoms with Crippen LogP contribution in [0.3, 0.4) is 0 Å². The number of likely N-dealkylation sites (N-methyl/N-ethyl adjacent to an activating group) is 1. The monoisotopic (exact) mass is 553 g/mol. The summed E-state index contributed by atoms with van der Waals surface area (Å²) in [6.07, 6.45) is 7.41. The van der Waals surface area contributed by atoms with Crippen LogP contribution in [-0.4, -0.2) is 84.2 Å². The smallest absolute Gasteiger partial charge is 0.227 e. The summed E-state index contributed by atoms with van der Waals surface area (Å²) in [7, 11) is 3.54. The first-order chi connectivity index (χ1) is 19.4. The molecule has 0 bridgehead atoms. The van der Waals surface area contributed by atoms with E-state index in [2.05, 4.69) is 42.0 Å². The fraction of sp³-hybridized carbons (Fsp3) is 0.483. The van der Waals surface area contributed by atoms with E-state index in [1.54, 1.807) is 13.1 Å². The molecule has 1 N–H and O–H groups in total. The predicted octanol–water partition coefficient (Wildman–Crippen LogP) is 4.26. The van der Waals surface area contributed by atoms with Gasteiger partial charge in [-0.3, -0.25) is 4.90 Å². The minimum Gasteiger partial charge on any atom is -0.494 e. The molecule has 3 aromatic rings. The highest BCUT2D eigenvalue weighted by Gasteiger charge is 2.27. The minimum atomic E-state index is -0.772. The maximum absolute atomic E-state index is 14.7. The number of ether oxygens (including phenoxy) is 2. The van der Waals surface area contributed by atoms with Gasteiger partial charge in [-0.1, -0.05) is 6.92 Å². The predicted molar refractivity (Wildman–Crippen MR) is 150 cm³/mol. The standard InChI is InChI=1S/C29H37F2N7O2/c1-4-20-15-25(39-3)28(31)24(27(20)30)19-40-23-17-33-29(34-18-23)35-21-5-6-26(32-16-21)38-9-7-22(8-10-38)37-13-11-36(2)12-14-37/h5-6,15-18,22H,4,7-14,19H2,1-3H3,(H,33,34,35). The summed E-state index contributed by atoms with van der Waals surface area (Å²) in [5, 5.41) is 3.13. The summed E-state index contributed by atoms with van der Waals surface area (Å²) in [4.78, 5) is 20.6. The summed E-state index contributed by atoms with van der Waals surface area (Å²) < 4.78 is 39.9. The first-order valence-corrected chi connectivity index (χ1v) is 13.8. The van der Waals surface area contributed by atoms with E-state index in [1.807, 2.05) is 12.1 Å². The highest BCUT2D eigenvalue weighted by molar-refractivity contribution is 5.55. The molecule has 0 unspecified atom stereocenters. The highest BCUT2D eigenvalue weighted by Crippen LogP contribution is 2.28. The molecular weight excluding hydrogens is 516 g/mol. The molecule has 4 heterocycles. The molecule has 2 aliphatic rings. The van der Waals surface area contributed by atoms with Crippen LogP contribution in [0.15, 0.2) is 36.8 Å². The largest absolute Gasteiger partial charge is 0.494 e. The number of hydrogen-bond donors (Lipinski definition) is 1. The van der Waals surface area contributed by atoms with E-state index < -0.39 is 11.6 Å². The number of piperidine rings is 1. The van der Waals surface area contributed by atoms with Crippen molar-refractivity contribution in [3.8, 4) is 11.5 Å². The van der Waals surface area contributed by atoms with Gasteiger partial charge in [0.1, 0.15) is 18.2 Å². The molecule has 2 aromatic heterocycles. The Balaban J connectivity index is 1.13. The van der Waals surface area contributed by atoms with Gasteiger partial charge < -0.3 is 24.6 Å². The van der Waals surface area contributed by atoms with Crippen LogP contribution in [0.1, 0.15) is 30.9 Å². The number of aromatic nitrogens is 3. The highest BCUT2D eigenvalue weighted by atomic mass is 19.1. The Morgan fingerprint density at radius 2 is 1.68 bits per heavy atom. The number of nitrogens with one attached hydrogen (secondary N) is 1.